The Bertz CT molecular complexity index is 1190. The maximum absolute atomic E-state index is 13.4. The molecule has 1 aliphatic heterocycles. The Morgan fingerprint density at radius 2 is 1.91 bits per heavy atom. The minimum Gasteiger partial charge on any atom is -0.264 e. The van der Waals surface area contributed by atoms with Crippen molar-refractivity contribution in [1.29, 1.82) is 0 Å². The monoisotopic (exact) mass is 466 g/mol. The Balaban J connectivity index is 1.68. The van der Waals surface area contributed by atoms with E-state index in [9.17, 15) is 8.42 Å². The molecule has 0 aliphatic carbocycles. The zero-order valence-electron chi connectivity index (χ0n) is 18.7. The number of unbranched alkanes of at least 4 members (excludes halogenated alkanes) is 1. The fourth-order valence-corrected chi connectivity index (χ4v) is 6.93. The number of aromatic nitrogens is 1. The molecule has 1 aliphatic rings. The van der Waals surface area contributed by atoms with Crippen LogP contribution in [0.3, 0.4) is 0 Å². The first kappa shape index (κ1) is 23.0. The van der Waals surface area contributed by atoms with Gasteiger partial charge < -0.3 is 0 Å². The van der Waals surface area contributed by atoms with Gasteiger partial charge in [0, 0.05) is 28.7 Å². The summed E-state index contributed by atoms with van der Waals surface area (Å²) in [6.07, 6.45) is 9.12. The zero-order chi connectivity index (χ0) is 22.6. The van der Waals surface area contributed by atoms with E-state index in [1.165, 1.54) is 21.6 Å². The maximum atomic E-state index is 13.4. The Morgan fingerprint density at radius 3 is 2.69 bits per heavy atom. The molecule has 0 saturated carbocycles. The molecule has 0 amide bonds. The zero-order valence-corrected chi connectivity index (χ0v) is 20.4. The molecule has 0 unspecified atom stereocenters. The van der Waals surface area contributed by atoms with Crippen molar-refractivity contribution in [1.82, 2.24) is 9.71 Å². The van der Waals surface area contributed by atoms with Crippen LogP contribution in [-0.2, 0) is 35.7 Å². The molecule has 32 heavy (non-hydrogen) atoms. The summed E-state index contributed by atoms with van der Waals surface area (Å²) in [5, 5.41) is 0. The number of aryl methyl sites for hydroxylation is 1. The average Bonchev–Trinajstić information content (AvgIpc) is 2.98. The lowest BCUT2D eigenvalue weighted by Crippen LogP contribution is -2.27. The first-order valence-corrected chi connectivity index (χ1v) is 13.6. The van der Waals surface area contributed by atoms with Gasteiger partial charge in [-0.3, -0.25) is 4.98 Å². The Kier molecular flexibility index (Phi) is 7.33. The first-order valence-electron chi connectivity index (χ1n) is 11.3. The van der Waals surface area contributed by atoms with Crippen LogP contribution in [0.2, 0.25) is 0 Å². The van der Waals surface area contributed by atoms with Gasteiger partial charge in [0.05, 0.1) is 4.90 Å². The normalized spacial score (nSPS) is 13.3. The summed E-state index contributed by atoms with van der Waals surface area (Å²) in [7, 11) is -3.62. The van der Waals surface area contributed by atoms with E-state index in [4.69, 9.17) is 0 Å². The topological polar surface area (TPSA) is 59.1 Å². The summed E-state index contributed by atoms with van der Waals surface area (Å²) in [6.45, 7) is 4.51. The summed E-state index contributed by atoms with van der Waals surface area (Å²) in [5.41, 5.74) is 5.80. The van der Waals surface area contributed by atoms with Crippen molar-refractivity contribution in [2.75, 3.05) is 6.54 Å². The fourth-order valence-electron chi connectivity index (χ4n) is 4.32. The third-order valence-corrected chi connectivity index (χ3v) is 8.87. The van der Waals surface area contributed by atoms with Crippen molar-refractivity contribution in [2.24, 2.45) is 0 Å². The van der Waals surface area contributed by atoms with Gasteiger partial charge >= 0.3 is 0 Å². The fraction of sp³-hybridized carbons (Fsp3) is 0.346. The van der Waals surface area contributed by atoms with Gasteiger partial charge in [0.15, 0.2) is 0 Å². The van der Waals surface area contributed by atoms with E-state index < -0.39 is 10.0 Å². The molecule has 6 heteroatoms. The number of pyridine rings is 1. The molecule has 0 spiro atoms. The highest BCUT2D eigenvalue weighted by atomic mass is 32.2. The number of hydrogen-bond acceptors (Lipinski definition) is 4. The summed E-state index contributed by atoms with van der Waals surface area (Å²) in [6, 6.07) is 14.2. The van der Waals surface area contributed by atoms with Crippen LogP contribution in [0.25, 0.3) is 0 Å². The van der Waals surface area contributed by atoms with Crippen LogP contribution < -0.4 is 4.72 Å². The third-order valence-electron chi connectivity index (χ3n) is 6.08. The minimum atomic E-state index is -3.62. The maximum Gasteiger partial charge on any atom is 0.240 e. The number of benzene rings is 2. The molecule has 1 aromatic heterocycles. The molecule has 1 N–H and O–H groups in total. The quantitative estimate of drug-likeness (QED) is 0.476. The smallest absolute Gasteiger partial charge is 0.240 e. The van der Waals surface area contributed by atoms with Crippen LogP contribution in [0, 0.1) is 6.92 Å². The largest absolute Gasteiger partial charge is 0.264 e. The first-order chi connectivity index (χ1) is 15.5. The molecule has 0 radical (unpaired) electrons. The number of rotatable bonds is 8. The molecular formula is C26H30N2O2S2. The summed E-state index contributed by atoms with van der Waals surface area (Å²) < 4.78 is 29.5. The molecule has 0 bridgehead atoms. The van der Waals surface area contributed by atoms with Crippen molar-refractivity contribution in [2.45, 2.75) is 67.1 Å². The molecule has 0 saturated heterocycles. The minimum absolute atomic E-state index is 0.352. The van der Waals surface area contributed by atoms with E-state index in [1.54, 1.807) is 24.2 Å². The van der Waals surface area contributed by atoms with E-state index in [2.05, 4.69) is 40.9 Å². The molecule has 2 aromatic carbocycles. The average molecular weight is 467 g/mol. The van der Waals surface area contributed by atoms with Gasteiger partial charge in [-0.15, -0.1) is 0 Å². The van der Waals surface area contributed by atoms with Gasteiger partial charge in [-0.1, -0.05) is 49.4 Å². The van der Waals surface area contributed by atoms with Crippen LogP contribution >= 0.6 is 11.8 Å². The number of nitrogens with one attached hydrogen (secondary N) is 1. The molecule has 0 atom stereocenters. The highest BCUT2D eigenvalue weighted by molar-refractivity contribution is 7.99. The van der Waals surface area contributed by atoms with Gasteiger partial charge in [-0.25, -0.2) is 13.1 Å². The number of fused-ring (bicyclic) bond motifs is 2. The van der Waals surface area contributed by atoms with Crippen LogP contribution in [0.15, 0.2) is 69.5 Å². The van der Waals surface area contributed by atoms with Crippen LogP contribution in [0.5, 0.6) is 0 Å². The number of nitrogens with zero attached hydrogens (tertiary/aromatic N) is 1. The Morgan fingerprint density at radius 1 is 1.06 bits per heavy atom. The van der Waals surface area contributed by atoms with Crippen molar-refractivity contribution in [3.8, 4) is 0 Å². The Labute approximate surface area is 195 Å². The van der Waals surface area contributed by atoms with Crippen LogP contribution in [0.4, 0.5) is 0 Å². The summed E-state index contributed by atoms with van der Waals surface area (Å²) in [5.74, 6) is 0. The summed E-state index contributed by atoms with van der Waals surface area (Å²) >= 11 is 1.71. The molecule has 4 nitrogen and oxygen atoms in total. The number of sulfonamides is 1. The molecule has 3 aromatic rings. The van der Waals surface area contributed by atoms with Crippen molar-refractivity contribution in [3.63, 3.8) is 0 Å². The summed E-state index contributed by atoms with van der Waals surface area (Å²) in [4.78, 5) is 6.83. The lowest BCUT2D eigenvalue weighted by molar-refractivity contribution is 0.580. The van der Waals surface area contributed by atoms with Gasteiger partial charge in [0.2, 0.25) is 10.0 Å². The van der Waals surface area contributed by atoms with E-state index >= 15 is 0 Å². The lowest BCUT2D eigenvalue weighted by Gasteiger charge is -2.19. The van der Waals surface area contributed by atoms with E-state index in [0.29, 0.717) is 17.9 Å². The van der Waals surface area contributed by atoms with Gasteiger partial charge in [-0.2, -0.15) is 0 Å². The molecule has 0 fully saturated rings. The number of hydrogen-bond donors (Lipinski definition) is 1. The third kappa shape index (κ3) is 5.08. The predicted molar refractivity (Wildman–Crippen MR) is 131 cm³/mol. The highest BCUT2D eigenvalue weighted by Crippen LogP contribution is 2.41. The van der Waals surface area contributed by atoms with E-state index in [1.807, 2.05) is 25.1 Å². The molecule has 168 valence electrons. The standard InChI is InChI=1S/C26H30N2O2S2/c1-3-4-10-22-19(2)26(32(29,30)28-16-14-20-8-7-15-27-18-20)17-25-23(22)13-12-21-9-5-6-11-24(21)31-25/h5-9,11,15,17-18,28H,3-4,10,12-14,16H2,1-2H3. The lowest BCUT2D eigenvalue weighted by atomic mass is 9.93. The van der Waals surface area contributed by atoms with Crippen molar-refractivity contribution in [3.05, 3.63) is 82.7 Å². The second kappa shape index (κ2) is 10.2. The SMILES string of the molecule is CCCCc1c(C)c(S(=O)(=O)NCCc2cccnc2)cc2c1CCc1ccccc1S2. The van der Waals surface area contributed by atoms with Gasteiger partial charge in [-0.05, 0) is 85.0 Å². The molecular weight excluding hydrogens is 436 g/mol. The highest BCUT2D eigenvalue weighted by Gasteiger charge is 2.25. The predicted octanol–water partition coefficient (Wildman–Crippen LogP) is 5.50. The van der Waals surface area contributed by atoms with Gasteiger partial charge in [0.25, 0.3) is 0 Å². The van der Waals surface area contributed by atoms with Crippen LogP contribution in [0.1, 0.15) is 47.6 Å². The second-order valence-electron chi connectivity index (χ2n) is 8.28. The van der Waals surface area contributed by atoms with Crippen molar-refractivity contribution >= 4 is 21.8 Å². The van der Waals surface area contributed by atoms with E-state index in [0.717, 1.165) is 48.1 Å². The molecule has 2 heterocycles. The van der Waals surface area contributed by atoms with Crippen LogP contribution in [-0.4, -0.2) is 19.9 Å². The van der Waals surface area contributed by atoms with Gasteiger partial charge in [0.1, 0.15) is 0 Å². The van der Waals surface area contributed by atoms with E-state index in [-0.39, 0.29) is 0 Å². The van der Waals surface area contributed by atoms with Crippen molar-refractivity contribution < 1.29 is 8.42 Å². The second-order valence-corrected chi connectivity index (χ2v) is 11.1. The Hall–Kier alpha value is -2.15. The molecule has 4 rings (SSSR count).